The summed E-state index contributed by atoms with van der Waals surface area (Å²) in [7, 11) is 0. The predicted molar refractivity (Wildman–Crippen MR) is 124 cm³/mol. The molecule has 7 rings (SSSR count). The van der Waals surface area contributed by atoms with Gasteiger partial charge in [-0.3, -0.25) is 24.1 Å². The van der Waals surface area contributed by atoms with E-state index in [0.29, 0.717) is 0 Å². The highest BCUT2D eigenvalue weighted by Crippen LogP contribution is 2.34. The summed E-state index contributed by atoms with van der Waals surface area (Å²) < 4.78 is 4.24. The summed E-state index contributed by atoms with van der Waals surface area (Å²) in [5.41, 5.74) is 7.98. The van der Waals surface area contributed by atoms with Crippen LogP contribution in [0, 0.1) is 0 Å². The number of hydrogen-bond acceptors (Lipinski definition) is 5. The Kier molecular flexibility index (Phi) is 3.43. The smallest absolute Gasteiger partial charge is 0.168 e. The van der Waals surface area contributed by atoms with Gasteiger partial charge in [-0.05, 0) is 42.5 Å². The van der Waals surface area contributed by atoms with Crippen LogP contribution in [0.4, 0.5) is 0 Å². The van der Waals surface area contributed by atoms with Gasteiger partial charge >= 0.3 is 0 Å². The minimum absolute atomic E-state index is 0.760. The Morgan fingerprint density at radius 2 is 1.12 bits per heavy atom. The first-order valence-corrected chi connectivity index (χ1v) is 10.3. The van der Waals surface area contributed by atoms with Crippen LogP contribution in [0.2, 0.25) is 0 Å². The van der Waals surface area contributed by atoms with Crippen LogP contribution in [0.1, 0.15) is 0 Å². The molecule has 0 radical (unpaired) electrons. The van der Waals surface area contributed by atoms with Crippen molar-refractivity contribution in [3.05, 3.63) is 91.6 Å². The number of hydrogen-bond donors (Lipinski definition) is 0. The van der Waals surface area contributed by atoms with E-state index in [1.165, 1.54) is 0 Å². The Balaban J connectivity index is 1.71. The molecule has 0 amide bonds. The van der Waals surface area contributed by atoms with Gasteiger partial charge in [0.15, 0.2) is 11.3 Å². The van der Waals surface area contributed by atoms with Crippen molar-refractivity contribution in [3.63, 3.8) is 0 Å². The van der Waals surface area contributed by atoms with E-state index in [-0.39, 0.29) is 0 Å². The predicted octanol–water partition coefficient (Wildman–Crippen LogP) is 4.86. The molecule has 6 aromatic heterocycles. The van der Waals surface area contributed by atoms with E-state index < -0.39 is 0 Å². The molecule has 7 heteroatoms. The fraction of sp³-hybridized carbons (Fsp3) is 0. The number of rotatable bonds is 2. The molecule has 1 aromatic carbocycles. The topological polar surface area (TPSA) is 74.3 Å². The van der Waals surface area contributed by atoms with Gasteiger partial charge in [-0.2, -0.15) is 0 Å². The van der Waals surface area contributed by atoms with Crippen molar-refractivity contribution in [2.24, 2.45) is 0 Å². The zero-order valence-electron chi connectivity index (χ0n) is 16.8. The molecule has 0 N–H and O–H groups in total. The van der Waals surface area contributed by atoms with Crippen molar-refractivity contribution in [1.29, 1.82) is 0 Å². The maximum atomic E-state index is 5.19. The summed E-state index contributed by atoms with van der Waals surface area (Å²) in [6.45, 7) is 0. The van der Waals surface area contributed by atoms with E-state index in [9.17, 15) is 0 Å². The quantitative estimate of drug-likeness (QED) is 0.405. The molecule has 0 atom stereocenters. The van der Waals surface area contributed by atoms with Crippen molar-refractivity contribution in [2.75, 3.05) is 0 Å². The standard InChI is InChI=1S/C25H15N7/c1-2-5-19-18(4-1)21-24(31(19)16-7-12-26-13-8-16)30-25-23(29-21)22-20(6-3-11-28-22)32(25)17-9-14-27-15-10-17/h1-15H. The van der Waals surface area contributed by atoms with Crippen LogP contribution in [-0.2, 0) is 0 Å². The summed E-state index contributed by atoms with van der Waals surface area (Å²) in [6, 6.07) is 20.1. The molecule has 0 aliphatic rings. The summed E-state index contributed by atoms with van der Waals surface area (Å²) in [5.74, 6) is 0. The Morgan fingerprint density at radius 3 is 1.88 bits per heavy atom. The van der Waals surface area contributed by atoms with Gasteiger partial charge in [-0.25, -0.2) is 9.97 Å². The molecule has 0 unspecified atom stereocenters. The average Bonchev–Trinajstić information content (AvgIpc) is 3.36. The molecule has 7 aromatic rings. The number of pyridine rings is 3. The lowest BCUT2D eigenvalue weighted by Crippen LogP contribution is -1.99. The van der Waals surface area contributed by atoms with Crippen LogP contribution in [0.3, 0.4) is 0 Å². The second-order valence-electron chi connectivity index (χ2n) is 7.54. The van der Waals surface area contributed by atoms with E-state index in [2.05, 4.69) is 36.2 Å². The molecule has 0 spiro atoms. The molecule has 0 aliphatic heterocycles. The van der Waals surface area contributed by atoms with E-state index in [0.717, 1.165) is 55.6 Å². The molecule has 0 bridgehead atoms. The van der Waals surface area contributed by atoms with Gasteiger partial charge in [0.25, 0.3) is 0 Å². The van der Waals surface area contributed by atoms with Gasteiger partial charge in [0.1, 0.15) is 16.6 Å². The molecule has 0 saturated carbocycles. The maximum absolute atomic E-state index is 5.19. The molecular formula is C25H15N7. The number of aromatic nitrogens is 7. The summed E-state index contributed by atoms with van der Waals surface area (Å²) in [4.78, 5) is 23.3. The highest BCUT2D eigenvalue weighted by atomic mass is 15.1. The minimum Gasteiger partial charge on any atom is -0.292 e. The van der Waals surface area contributed by atoms with Gasteiger partial charge < -0.3 is 0 Å². The second kappa shape index (κ2) is 6.42. The van der Waals surface area contributed by atoms with Crippen molar-refractivity contribution < 1.29 is 0 Å². The van der Waals surface area contributed by atoms with Crippen molar-refractivity contribution in [2.45, 2.75) is 0 Å². The number of para-hydroxylation sites is 1. The van der Waals surface area contributed by atoms with Gasteiger partial charge in [0.2, 0.25) is 0 Å². The summed E-state index contributed by atoms with van der Waals surface area (Å²) >= 11 is 0. The molecule has 150 valence electrons. The molecule has 6 heterocycles. The third-order valence-corrected chi connectivity index (χ3v) is 5.78. The monoisotopic (exact) mass is 413 g/mol. The third kappa shape index (κ3) is 2.27. The van der Waals surface area contributed by atoms with E-state index >= 15 is 0 Å². The van der Waals surface area contributed by atoms with Gasteiger partial charge in [-0.15, -0.1) is 0 Å². The van der Waals surface area contributed by atoms with E-state index in [4.69, 9.17) is 9.97 Å². The fourth-order valence-corrected chi connectivity index (χ4v) is 4.44. The highest BCUT2D eigenvalue weighted by molar-refractivity contribution is 6.11. The largest absolute Gasteiger partial charge is 0.292 e. The summed E-state index contributed by atoms with van der Waals surface area (Å²) in [5, 5.41) is 1.05. The second-order valence-corrected chi connectivity index (χ2v) is 7.54. The Morgan fingerprint density at radius 1 is 0.500 bits per heavy atom. The normalized spacial score (nSPS) is 11.8. The maximum Gasteiger partial charge on any atom is 0.168 e. The Bertz CT molecular complexity index is 1640. The first kappa shape index (κ1) is 17.1. The lowest BCUT2D eigenvalue weighted by Gasteiger charge is -2.08. The molecule has 0 fully saturated rings. The van der Waals surface area contributed by atoms with Crippen LogP contribution in [0.25, 0.3) is 55.6 Å². The Labute approximate surface area is 181 Å². The van der Waals surface area contributed by atoms with Crippen molar-refractivity contribution in [1.82, 2.24) is 34.1 Å². The zero-order chi connectivity index (χ0) is 21.1. The summed E-state index contributed by atoms with van der Waals surface area (Å²) in [6.07, 6.45) is 8.94. The molecular weight excluding hydrogens is 398 g/mol. The van der Waals surface area contributed by atoms with E-state index in [1.54, 1.807) is 31.0 Å². The third-order valence-electron chi connectivity index (χ3n) is 5.78. The SMILES string of the molecule is c1ccc2c(c1)c1nc3c4ncccc4n(-c4ccncc4)c3nc1n2-c1ccncc1. The number of nitrogens with zero attached hydrogens (tertiary/aromatic N) is 7. The van der Waals surface area contributed by atoms with Gasteiger partial charge in [0, 0.05) is 36.4 Å². The van der Waals surface area contributed by atoms with Crippen LogP contribution < -0.4 is 0 Å². The van der Waals surface area contributed by atoms with Crippen LogP contribution in [0.5, 0.6) is 0 Å². The van der Waals surface area contributed by atoms with Crippen LogP contribution >= 0.6 is 0 Å². The molecule has 32 heavy (non-hydrogen) atoms. The molecule has 0 saturated heterocycles. The number of benzene rings is 1. The Hall–Kier alpha value is -4.65. The van der Waals surface area contributed by atoms with Crippen LogP contribution in [-0.4, -0.2) is 34.1 Å². The first-order chi connectivity index (χ1) is 15.9. The number of fused-ring (bicyclic) bond motifs is 6. The molecule has 7 nitrogen and oxygen atoms in total. The van der Waals surface area contributed by atoms with Gasteiger partial charge in [0.05, 0.1) is 22.4 Å². The highest BCUT2D eigenvalue weighted by Gasteiger charge is 2.21. The van der Waals surface area contributed by atoms with Crippen molar-refractivity contribution in [3.8, 4) is 11.4 Å². The lowest BCUT2D eigenvalue weighted by molar-refractivity contribution is 1.09. The lowest BCUT2D eigenvalue weighted by atomic mass is 10.2. The zero-order valence-corrected chi connectivity index (χ0v) is 16.8. The van der Waals surface area contributed by atoms with Crippen molar-refractivity contribution >= 4 is 44.3 Å². The van der Waals surface area contributed by atoms with Gasteiger partial charge in [-0.1, -0.05) is 18.2 Å². The fourth-order valence-electron chi connectivity index (χ4n) is 4.44. The van der Waals surface area contributed by atoms with E-state index in [1.807, 2.05) is 48.5 Å². The van der Waals surface area contributed by atoms with Crippen LogP contribution in [0.15, 0.2) is 91.6 Å². The molecule has 0 aliphatic carbocycles. The first-order valence-electron chi connectivity index (χ1n) is 10.3. The average molecular weight is 413 g/mol. The minimum atomic E-state index is 0.760.